The molecule has 6 heteroatoms. The number of hydrogen-bond donors (Lipinski definition) is 0. The van der Waals surface area contributed by atoms with Crippen LogP contribution in [0.25, 0.3) is 11.5 Å². The van der Waals surface area contributed by atoms with Crippen molar-refractivity contribution in [2.24, 2.45) is 0 Å². The van der Waals surface area contributed by atoms with E-state index < -0.39 is 0 Å². The molecule has 2 heterocycles. The van der Waals surface area contributed by atoms with E-state index in [9.17, 15) is 0 Å². The van der Waals surface area contributed by atoms with Crippen molar-refractivity contribution in [1.82, 2.24) is 20.3 Å². The molecule has 19 heavy (non-hydrogen) atoms. The minimum absolute atomic E-state index is 0.499. The summed E-state index contributed by atoms with van der Waals surface area (Å²) in [6.07, 6.45) is 3.96. The number of unbranched alkanes of at least 4 members (excludes halogenated alkanes) is 2. The zero-order valence-electron chi connectivity index (χ0n) is 11.3. The smallest absolute Gasteiger partial charge is 0.227 e. The molecule has 0 atom stereocenters. The van der Waals surface area contributed by atoms with E-state index in [0.717, 1.165) is 38.0 Å². The summed E-state index contributed by atoms with van der Waals surface area (Å²) in [5.74, 6) is 1.15. The summed E-state index contributed by atoms with van der Waals surface area (Å²) < 4.78 is 10.2. The van der Waals surface area contributed by atoms with Gasteiger partial charge in [0.1, 0.15) is 5.69 Å². The van der Waals surface area contributed by atoms with E-state index in [-0.39, 0.29) is 0 Å². The number of methoxy groups -OCH3 is 1. The molecule has 2 aromatic rings. The molecule has 0 aliphatic carbocycles. The zero-order valence-corrected chi connectivity index (χ0v) is 11.3. The molecule has 2 aromatic heterocycles. The van der Waals surface area contributed by atoms with Gasteiger partial charge in [0.25, 0.3) is 0 Å². The van der Waals surface area contributed by atoms with Crippen LogP contribution in [0.2, 0.25) is 0 Å². The molecule has 0 aliphatic rings. The van der Waals surface area contributed by atoms with Crippen LogP contribution < -0.4 is 0 Å². The van der Waals surface area contributed by atoms with Crippen LogP contribution in [0.4, 0.5) is 0 Å². The number of rotatable bonds is 7. The van der Waals surface area contributed by atoms with Gasteiger partial charge in [-0.1, -0.05) is 11.6 Å². The average Bonchev–Trinajstić information content (AvgIpc) is 2.88. The molecule has 0 unspecified atom stereocenters. The van der Waals surface area contributed by atoms with Crippen molar-refractivity contribution in [2.45, 2.75) is 32.6 Å². The molecule has 0 radical (unpaired) electrons. The topological polar surface area (TPSA) is 73.9 Å². The summed E-state index contributed by atoms with van der Waals surface area (Å²) in [5, 5.41) is 11.9. The van der Waals surface area contributed by atoms with Gasteiger partial charge in [0.05, 0.1) is 5.69 Å². The molecule has 6 nitrogen and oxygen atoms in total. The van der Waals surface area contributed by atoms with Crippen molar-refractivity contribution in [1.29, 1.82) is 0 Å². The van der Waals surface area contributed by atoms with Crippen molar-refractivity contribution in [3.05, 3.63) is 23.7 Å². The number of aryl methyl sites for hydroxylation is 2. The Morgan fingerprint density at radius 3 is 2.79 bits per heavy atom. The van der Waals surface area contributed by atoms with E-state index in [0.29, 0.717) is 17.4 Å². The standard InChI is InChI=1S/C13H18N4O2/c1-10-7-8-11(16-15-10)13-14-12(19-17-13)6-4-3-5-9-18-2/h7-8H,3-6,9H2,1-2H3. The molecule has 0 aliphatic heterocycles. The first-order valence-electron chi connectivity index (χ1n) is 6.42. The summed E-state index contributed by atoms with van der Waals surface area (Å²) in [6.45, 7) is 2.69. The Kier molecular flexibility index (Phi) is 4.97. The van der Waals surface area contributed by atoms with E-state index in [1.807, 2.05) is 19.1 Å². The molecule has 0 amide bonds. The van der Waals surface area contributed by atoms with Crippen molar-refractivity contribution in [2.75, 3.05) is 13.7 Å². The Hall–Kier alpha value is -1.82. The Bertz CT molecular complexity index is 496. The highest BCUT2D eigenvalue weighted by molar-refractivity contribution is 5.46. The van der Waals surface area contributed by atoms with Crippen LogP contribution in [0.3, 0.4) is 0 Å². The van der Waals surface area contributed by atoms with Gasteiger partial charge in [-0.15, -0.1) is 5.10 Å². The highest BCUT2D eigenvalue weighted by atomic mass is 16.5. The highest BCUT2D eigenvalue weighted by Crippen LogP contribution is 2.13. The monoisotopic (exact) mass is 262 g/mol. The molecule has 0 spiro atoms. The summed E-state index contributed by atoms with van der Waals surface area (Å²) in [6, 6.07) is 3.72. The second-order valence-corrected chi connectivity index (χ2v) is 4.38. The van der Waals surface area contributed by atoms with Crippen LogP contribution in [0, 0.1) is 6.92 Å². The lowest BCUT2D eigenvalue weighted by atomic mass is 10.2. The van der Waals surface area contributed by atoms with Crippen molar-refractivity contribution < 1.29 is 9.26 Å². The van der Waals surface area contributed by atoms with Crippen LogP contribution in [-0.2, 0) is 11.2 Å². The Balaban J connectivity index is 1.86. The molecular formula is C13H18N4O2. The van der Waals surface area contributed by atoms with Gasteiger partial charge >= 0.3 is 0 Å². The summed E-state index contributed by atoms with van der Waals surface area (Å²) in [7, 11) is 1.72. The first-order valence-corrected chi connectivity index (χ1v) is 6.42. The molecule has 102 valence electrons. The van der Waals surface area contributed by atoms with Gasteiger partial charge in [0.15, 0.2) is 0 Å². The van der Waals surface area contributed by atoms with Gasteiger partial charge in [-0.2, -0.15) is 10.1 Å². The quantitative estimate of drug-likeness (QED) is 0.712. The summed E-state index contributed by atoms with van der Waals surface area (Å²) in [5.41, 5.74) is 1.51. The lowest BCUT2D eigenvalue weighted by Crippen LogP contribution is -1.92. The third kappa shape index (κ3) is 4.10. The van der Waals surface area contributed by atoms with E-state index in [4.69, 9.17) is 9.26 Å². The summed E-state index contributed by atoms with van der Waals surface area (Å²) in [4.78, 5) is 4.32. The largest absolute Gasteiger partial charge is 0.385 e. The fourth-order valence-corrected chi connectivity index (χ4v) is 1.68. The number of ether oxygens (including phenoxy) is 1. The lowest BCUT2D eigenvalue weighted by Gasteiger charge is -1.96. The zero-order chi connectivity index (χ0) is 13.5. The Labute approximate surface area is 112 Å². The molecule has 0 aromatic carbocycles. The second kappa shape index (κ2) is 6.94. The second-order valence-electron chi connectivity index (χ2n) is 4.38. The van der Waals surface area contributed by atoms with E-state index in [2.05, 4.69) is 20.3 Å². The van der Waals surface area contributed by atoms with Gasteiger partial charge in [-0.3, -0.25) is 0 Å². The maximum absolute atomic E-state index is 5.20. The highest BCUT2D eigenvalue weighted by Gasteiger charge is 2.09. The van der Waals surface area contributed by atoms with Gasteiger partial charge < -0.3 is 9.26 Å². The van der Waals surface area contributed by atoms with Crippen LogP contribution in [0.15, 0.2) is 16.7 Å². The third-order valence-electron chi connectivity index (χ3n) is 2.73. The average molecular weight is 262 g/mol. The molecule has 0 N–H and O–H groups in total. The van der Waals surface area contributed by atoms with Crippen LogP contribution in [0.5, 0.6) is 0 Å². The van der Waals surface area contributed by atoms with E-state index in [1.54, 1.807) is 7.11 Å². The fourth-order valence-electron chi connectivity index (χ4n) is 1.68. The maximum atomic E-state index is 5.20. The first-order chi connectivity index (χ1) is 9.29. The van der Waals surface area contributed by atoms with Gasteiger partial charge in [0, 0.05) is 20.1 Å². The first kappa shape index (κ1) is 13.6. The fraction of sp³-hybridized carbons (Fsp3) is 0.538. The third-order valence-corrected chi connectivity index (χ3v) is 2.73. The molecular weight excluding hydrogens is 244 g/mol. The van der Waals surface area contributed by atoms with Crippen LogP contribution >= 0.6 is 0 Å². The van der Waals surface area contributed by atoms with Gasteiger partial charge in [-0.05, 0) is 31.9 Å². The van der Waals surface area contributed by atoms with E-state index in [1.165, 1.54) is 0 Å². The van der Waals surface area contributed by atoms with Gasteiger partial charge in [-0.25, -0.2) is 0 Å². The van der Waals surface area contributed by atoms with E-state index >= 15 is 0 Å². The number of hydrogen-bond acceptors (Lipinski definition) is 6. The van der Waals surface area contributed by atoms with Crippen molar-refractivity contribution in [3.8, 4) is 11.5 Å². The number of aromatic nitrogens is 4. The van der Waals surface area contributed by atoms with Crippen LogP contribution in [-0.4, -0.2) is 34.1 Å². The lowest BCUT2D eigenvalue weighted by molar-refractivity contribution is 0.192. The predicted octanol–water partition coefficient (Wildman–Crippen LogP) is 2.19. The molecule has 0 saturated carbocycles. The van der Waals surface area contributed by atoms with Crippen molar-refractivity contribution in [3.63, 3.8) is 0 Å². The SMILES string of the molecule is COCCCCCc1nc(-c2ccc(C)nn2)no1. The maximum Gasteiger partial charge on any atom is 0.227 e. The predicted molar refractivity (Wildman–Crippen MR) is 69.5 cm³/mol. The molecule has 0 saturated heterocycles. The molecule has 0 fully saturated rings. The minimum atomic E-state index is 0.499. The van der Waals surface area contributed by atoms with Crippen LogP contribution in [0.1, 0.15) is 30.8 Å². The molecule has 2 rings (SSSR count). The number of nitrogens with zero attached hydrogens (tertiary/aromatic N) is 4. The Morgan fingerprint density at radius 2 is 2.05 bits per heavy atom. The minimum Gasteiger partial charge on any atom is -0.385 e. The Morgan fingerprint density at radius 1 is 1.16 bits per heavy atom. The van der Waals surface area contributed by atoms with Crippen molar-refractivity contribution >= 4 is 0 Å². The summed E-state index contributed by atoms with van der Waals surface area (Å²) >= 11 is 0. The van der Waals surface area contributed by atoms with Gasteiger partial charge in [0.2, 0.25) is 11.7 Å². The normalized spacial score (nSPS) is 10.8. The molecule has 0 bridgehead atoms.